The summed E-state index contributed by atoms with van der Waals surface area (Å²) in [7, 11) is -4.05. The minimum absolute atomic E-state index is 0.0428. The van der Waals surface area contributed by atoms with Crippen LogP contribution in [0.4, 0.5) is 8.78 Å². The number of para-hydroxylation sites is 1. The zero-order valence-corrected chi connectivity index (χ0v) is 14.5. The fourth-order valence-electron chi connectivity index (χ4n) is 1.97. The van der Waals surface area contributed by atoms with Crippen LogP contribution < -0.4 is 9.46 Å². The highest BCUT2D eigenvalue weighted by Crippen LogP contribution is 2.15. The molecule has 0 aromatic heterocycles. The normalized spacial score (nSPS) is 11.2. The van der Waals surface area contributed by atoms with Crippen LogP contribution in [0.2, 0.25) is 0 Å². The molecule has 0 heterocycles. The van der Waals surface area contributed by atoms with Crippen LogP contribution >= 0.6 is 0 Å². The molecule has 2 aromatic rings. The number of hydrogen-bond donors (Lipinski definition) is 1. The second-order valence-electron chi connectivity index (χ2n) is 5.08. The third kappa shape index (κ3) is 5.78. The Bertz CT molecular complexity index is 858. The minimum Gasteiger partial charge on any atom is -0.487 e. The summed E-state index contributed by atoms with van der Waals surface area (Å²) in [5.41, 5.74) is 0. The number of esters is 1. The first kappa shape index (κ1) is 19.8. The summed E-state index contributed by atoms with van der Waals surface area (Å²) in [6, 6.07) is 10.7. The highest BCUT2D eigenvalue weighted by Gasteiger charge is 2.18. The summed E-state index contributed by atoms with van der Waals surface area (Å²) in [4.78, 5) is 11.1. The lowest BCUT2D eigenvalue weighted by molar-refractivity contribution is -0.144. The van der Waals surface area contributed by atoms with Gasteiger partial charge >= 0.3 is 5.97 Å². The van der Waals surface area contributed by atoms with E-state index in [-0.39, 0.29) is 31.9 Å². The molecule has 0 saturated carbocycles. The van der Waals surface area contributed by atoms with Gasteiger partial charge in [-0.3, -0.25) is 4.79 Å². The molecule has 1 N–H and O–H groups in total. The first-order chi connectivity index (χ1) is 12.4. The third-order valence-corrected chi connectivity index (χ3v) is 4.68. The lowest BCUT2D eigenvalue weighted by Gasteiger charge is -2.09. The molecule has 0 unspecified atom stereocenters. The van der Waals surface area contributed by atoms with Gasteiger partial charge in [0, 0.05) is 6.54 Å². The van der Waals surface area contributed by atoms with Gasteiger partial charge in [0.25, 0.3) is 0 Å². The largest absolute Gasteiger partial charge is 0.487 e. The number of sulfonamides is 1. The third-order valence-electron chi connectivity index (χ3n) is 3.19. The minimum atomic E-state index is -4.05. The van der Waals surface area contributed by atoms with Gasteiger partial charge in [0.2, 0.25) is 10.0 Å². The van der Waals surface area contributed by atoms with Gasteiger partial charge in [-0.05, 0) is 24.3 Å². The lowest BCUT2D eigenvalue weighted by Crippen LogP contribution is -2.27. The molecule has 0 amide bonds. The van der Waals surface area contributed by atoms with E-state index >= 15 is 0 Å². The van der Waals surface area contributed by atoms with Crippen LogP contribution in [0.5, 0.6) is 5.75 Å². The standard InChI is InChI=1S/C17H17F2NO5S/c18-13-5-1-3-7-15(13)24-11-12-25-17(21)9-10-20-26(22,23)16-8-4-2-6-14(16)19/h1-8,20H,9-12H2. The Morgan fingerprint density at radius 1 is 0.962 bits per heavy atom. The zero-order chi connectivity index (χ0) is 19.0. The molecule has 0 fully saturated rings. The van der Waals surface area contributed by atoms with Crippen LogP contribution in [0.25, 0.3) is 0 Å². The van der Waals surface area contributed by atoms with Crippen molar-refractivity contribution in [3.63, 3.8) is 0 Å². The summed E-state index contributed by atoms with van der Waals surface area (Å²) < 4.78 is 62.7. The molecule has 140 valence electrons. The molecule has 0 aliphatic rings. The maximum Gasteiger partial charge on any atom is 0.307 e. The van der Waals surface area contributed by atoms with Crippen molar-refractivity contribution in [3.05, 3.63) is 60.2 Å². The molecule has 0 saturated heterocycles. The van der Waals surface area contributed by atoms with Gasteiger partial charge in [-0.2, -0.15) is 0 Å². The summed E-state index contributed by atoms with van der Waals surface area (Å²) >= 11 is 0. The van der Waals surface area contributed by atoms with E-state index in [9.17, 15) is 22.0 Å². The van der Waals surface area contributed by atoms with Crippen molar-refractivity contribution in [1.29, 1.82) is 0 Å². The monoisotopic (exact) mass is 385 g/mol. The van der Waals surface area contributed by atoms with Crippen molar-refractivity contribution in [2.45, 2.75) is 11.3 Å². The van der Waals surface area contributed by atoms with E-state index in [0.29, 0.717) is 0 Å². The average molecular weight is 385 g/mol. The highest BCUT2D eigenvalue weighted by molar-refractivity contribution is 7.89. The molecular weight excluding hydrogens is 368 g/mol. The molecular formula is C17H17F2NO5S. The number of hydrogen-bond acceptors (Lipinski definition) is 5. The smallest absolute Gasteiger partial charge is 0.307 e. The molecule has 26 heavy (non-hydrogen) atoms. The van der Waals surface area contributed by atoms with Crippen LogP contribution in [0.1, 0.15) is 6.42 Å². The first-order valence-corrected chi connectivity index (χ1v) is 9.15. The maximum absolute atomic E-state index is 13.5. The SMILES string of the molecule is O=C(CCNS(=O)(=O)c1ccccc1F)OCCOc1ccccc1F. The molecule has 0 aliphatic carbocycles. The van der Waals surface area contributed by atoms with Crippen molar-refractivity contribution < 1.29 is 31.5 Å². The molecule has 0 radical (unpaired) electrons. The van der Waals surface area contributed by atoms with E-state index in [2.05, 4.69) is 4.72 Å². The first-order valence-electron chi connectivity index (χ1n) is 7.67. The van der Waals surface area contributed by atoms with Gasteiger partial charge in [-0.25, -0.2) is 21.9 Å². The quantitative estimate of drug-likeness (QED) is 0.529. The van der Waals surface area contributed by atoms with E-state index in [0.717, 1.165) is 12.1 Å². The van der Waals surface area contributed by atoms with Crippen molar-refractivity contribution in [3.8, 4) is 5.75 Å². The Morgan fingerprint density at radius 2 is 1.62 bits per heavy atom. The van der Waals surface area contributed by atoms with Gasteiger partial charge in [-0.1, -0.05) is 24.3 Å². The molecule has 2 aromatic carbocycles. The fraction of sp³-hybridized carbons (Fsp3) is 0.235. The van der Waals surface area contributed by atoms with Crippen molar-refractivity contribution in [1.82, 2.24) is 4.72 Å². The molecule has 0 aliphatic heterocycles. The number of rotatable bonds is 9. The summed E-state index contributed by atoms with van der Waals surface area (Å²) in [5, 5.41) is 0. The van der Waals surface area contributed by atoms with E-state index in [4.69, 9.17) is 9.47 Å². The Kier molecular flexibility index (Phi) is 7.05. The van der Waals surface area contributed by atoms with E-state index in [1.807, 2.05) is 0 Å². The van der Waals surface area contributed by atoms with Gasteiger partial charge in [0.15, 0.2) is 11.6 Å². The fourth-order valence-corrected chi connectivity index (χ4v) is 3.08. The van der Waals surface area contributed by atoms with Crippen LogP contribution in [0.15, 0.2) is 53.4 Å². The number of benzene rings is 2. The summed E-state index contributed by atoms with van der Waals surface area (Å²) in [6.45, 7) is -0.412. The van der Waals surface area contributed by atoms with E-state index in [1.54, 1.807) is 6.07 Å². The van der Waals surface area contributed by atoms with Gasteiger partial charge < -0.3 is 9.47 Å². The second kappa shape index (κ2) is 9.25. The lowest BCUT2D eigenvalue weighted by atomic mass is 10.3. The number of carbonyl (C=O) groups excluding carboxylic acids is 1. The van der Waals surface area contributed by atoms with Crippen LogP contribution in [0.3, 0.4) is 0 Å². The Hall–Kier alpha value is -2.52. The number of ether oxygens (including phenoxy) is 2. The van der Waals surface area contributed by atoms with E-state index in [1.165, 1.54) is 30.3 Å². The number of nitrogens with one attached hydrogen (secondary N) is 1. The average Bonchev–Trinajstić information content (AvgIpc) is 2.60. The summed E-state index contributed by atoms with van der Waals surface area (Å²) in [6.07, 6.45) is -0.243. The van der Waals surface area contributed by atoms with Crippen LogP contribution in [0, 0.1) is 11.6 Å². The molecule has 0 bridgehead atoms. The van der Waals surface area contributed by atoms with Crippen molar-refractivity contribution in [2.75, 3.05) is 19.8 Å². The molecule has 0 atom stereocenters. The molecule has 6 nitrogen and oxygen atoms in total. The molecule has 9 heteroatoms. The molecule has 2 rings (SSSR count). The van der Waals surface area contributed by atoms with Gasteiger partial charge in [-0.15, -0.1) is 0 Å². The predicted octanol–water partition coefficient (Wildman–Crippen LogP) is 2.26. The second-order valence-corrected chi connectivity index (χ2v) is 6.81. The topological polar surface area (TPSA) is 81.7 Å². The van der Waals surface area contributed by atoms with Crippen LogP contribution in [-0.4, -0.2) is 34.1 Å². The van der Waals surface area contributed by atoms with Gasteiger partial charge in [0.1, 0.15) is 23.9 Å². The van der Waals surface area contributed by atoms with Crippen LogP contribution in [-0.2, 0) is 19.6 Å². The Labute approximate surface area is 149 Å². The zero-order valence-electron chi connectivity index (χ0n) is 13.7. The maximum atomic E-state index is 13.5. The number of halogens is 2. The van der Waals surface area contributed by atoms with Gasteiger partial charge in [0.05, 0.1) is 6.42 Å². The predicted molar refractivity (Wildman–Crippen MR) is 89.1 cm³/mol. The van der Waals surface area contributed by atoms with Crippen molar-refractivity contribution in [2.24, 2.45) is 0 Å². The molecule has 0 spiro atoms. The van der Waals surface area contributed by atoms with E-state index < -0.39 is 32.5 Å². The summed E-state index contributed by atoms with van der Waals surface area (Å²) in [5.74, 6) is -2.03. The Balaban J connectivity index is 1.69. The number of carbonyl (C=O) groups is 1. The highest BCUT2D eigenvalue weighted by atomic mass is 32.2. The Morgan fingerprint density at radius 3 is 2.31 bits per heavy atom. The van der Waals surface area contributed by atoms with Crippen molar-refractivity contribution >= 4 is 16.0 Å².